The van der Waals surface area contributed by atoms with E-state index in [4.69, 9.17) is 19.8 Å². The molecule has 0 aromatic heterocycles. The highest BCUT2D eigenvalue weighted by Gasteiger charge is 2.35. The van der Waals surface area contributed by atoms with Gasteiger partial charge in [0.1, 0.15) is 0 Å². The van der Waals surface area contributed by atoms with Crippen LogP contribution in [0.5, 0.6) is 0 Å². The average Bonchev–Trinajstić information content (AvgIpc) is 2.83. The quantitative estimate of drug-likeness (QED) is 0.409. The number of aliphatic hydroxyl groups is 1. The smallest absolute Gasteiger partial charge is 0.414 e. The zero-order valence-electron chi connectivity index (χ0n) is 18.6. The van der Waals surface area contributed by atoms with Crippen LogP contribution in [-0.4, -0.2) is 70.2 Å². The second-order valence-electron chi connectivity index (χ2n) is 8.42. The lowest BCUT2D eigenvalue weighted by Gasteiger charge is -2.41. The van der Waals surface area contributed by atoms with Gasteiger partial charge in [-0.05, 0) is 67.7 Å². The zero-order valence-corrected chi connectivity index (χ0v) is 18.6. The number of ketones is 1. The van der Waals surface area contributed by atoms with Gasteiger partial charge in [-0.15, -0.1) is 0 Å². The number of hydrogen-bond acceptors (Lipinski definition) is 6. The van der Waals surface area contributed by atoms with E-state index in [1.165, 1.54) is 11.1 Å². The molecule has 0 bridgehead atoms. The Morgan fingerprint density at radius 3 is 1.94 bits per heavy atom. The van der Waals surface area contributed by atoms with Gasteiger partial charge in [-0.1, -0.05) is 24.3 Å². The largest absolute Gasteiger partial charge is 0.473 e. The minimum Gasteiger partial charge on any atom is -0.473 e. The second kappa shape index (κ2) is 11.1. The molecule has 0 amide bonds. The molecule has 4 rings (SSSR count). The minimum atomic E-state index is -1.82. The lowest BCUT2D eigenvalue weighted by atomic mass is 9.83. The molecule has 2 aromatic carbocycles. The van der Waals surface area contributed by atoms with Crippen LogP contribution in [0.3, 0.4) is 0 Å². The van der Waals surface area contributed by atoms with E-state index in [9.17, 15) is 9.90 Å². The monoisotopic (exact) mass is 454 g/mol. The summed E-state index contributed by atoms with van der Waals surface area (Å²) in [5.74, 6) is -3.30. The fourth-order valence-corrected chi connectivity index (χ4v) is 4.58. The summed E-state index contributed by atoms with van der Waals surface area (Å²) in [5.41, 5.74) is 4.46. The number of carboxylic acid groups (broad SMARTS) is 2. The van der Waals surface area contributed by atoms with E-state index in [-0.39, 0.29) is 23.8 Å². The standard InChI is InChI=1S/C23H28N2O2.C2H2O4/c1-24-20-8-6-16(7-9-20)23(27)17-10-12-25(13-11-17)21-14-18-4-2-3-5-19(18)15-22(21)26;3-1(4)2(5)6/h2-9,17,21-22,24,26H,10-15H2,1H3;(H,3,4)(H,5,6)/t21-,22-;/m0./s1. The Kier molecular flexibility index (Phi) is 8.19. The molecule has 33 heavy (non-hydrogen) atoms. The number of nitrogens with one attached hydrogen (secondary N) is 1. The number of Topliss-reactive ketones (excluding diaryl/α,β-unsaturated/α-hetero) is 1. The van der Waals surface area contributed by atoms with Crippen LogP contribution in [0.2, 0.25) is 0 Å². The van der Waals surface area contributed by atoms with E-state index in [1.807, 2.05) is 37.4 Å². The molecule has 8 nitrogen and oxygen atoms in total. The summed E-state index contributed by atoms with van der Waals surface area (Å²) in [6.45, 7) is 1.77. The third-order valence-electron chi connectivity index (χ3n) is 6.43. The topological polar surface area (TPSA) is 127 Å². The predicted molar refractivity (Wildman–Crippen MR) is 124 cm³/mol. The average molecular weight is 455 g/mol. The van der Waals surface area contributed by atoms with Crippen LogP contribution in [0.4, 0.5) is 5.69 Å². The lowest BCUT2D eigenvalue weighted by Crippen LogP contribution is -2.51. The van der Waals surface area contributed by atoms with Gasteiger partial charge in [-0.3, -0.25) is 9.69 Å². The van der Waals surface area contributed by atoms with Crippen LogP contribution in [0, 0.1) is 5.92 Å². The van der Waals surface area contributed by atoms with Crippen LogP contribution in [0.15, 0.2) is 48.5 Å². The van der Waals surface area contributed by atoms with E-state index >= 15 is 0 Å². The maximum absolute atomic E-state index is 12.8. The van der Waals surface area contributed by atoms with Crippen molar-refractivity contribution in [3.05, 3.63) is 65.2 Å². The Hall–Kier alpha value is -3.23. The Labute approximate surface area is 192 Å². The van der Waals surface area contributed by atoms with Crippen molar-refractivity contribution < 1.29 is 29.7 Å². The molecule has 1 fully saturated rings. The number of piperidine rings is 1. The second-order valence-corrected chi connectivity index (χ2v) is 8.42. The minimum absolute atomic E-state index is 0.0923. The van der Waals surface area contributed by atoms with Gasteiger partial charge in [-0.2, -0.15) is 0 Å². The molecule has 2 atom stereocenters. The maximum Gasteiger partial charge on any atom is 0.414 e. The van der Waals surface area contributed by atoms with Gasteiger partial charge in [0.2, 0.25) is 0 Å². The number of hydrogen-bond donors (Lipinski definition) is 4. The third kappa shape index (κ3) is 6.18. The van der Waals surface area contributed by atoms with Crippen LogP contribution in [0.1, 0.15) is 34.3 Å². The summed E-state index contributed by atoms with van der Waals surface area (Å²) in [7, 11) is 1.88. The first-order chi connectivity index (χ1) is 15.8. The molecule has 8 heteroatoms. The first-order valence-corrected chi connectivity index (χ1v) is 11.1. The lowest BCUT2D eigenvalue weighted by molar-refractivity contribution is -0.159. The third-order valence-corrected chi connectivity index (χ3v) is 6.43. The number of nitrogens with zero attached hydrogens (tertiary/aromatic N) is 1. The van der Waals surface area contributed by atoms with E-state index in [2.05, 4.69) is 28.4 Å². The Morgan fingerprint density at radius 1 is 0.879 bits per heavy atom. The molecular weight excluding hydrogens is 424 g/mol. The highest BCUT2D eigenvalue weighted by molar-refractivity contribution is 6.27. The number of benzene rings is 2. The maximum atomic E-state index is 12.8. The molecule has 2 aromatic rings. The number of rotatable bonds is 4. The van der Waals surface area contributed by atoms with Gasteiger partial charge in [0, 0.05) is 36.7 Å². The SMILES string of the molecule is CNc1ccc(C(=O)C2CCN([C@H]3Cc4ccccc4C[C@@H]3O)CC2)cc1.O=C(O)C(=O)O. The predicted octanol–water partition coefficient (Wildman–Crippen LogP) is 2.31. The molecule has 2 aliphatic rings. The van der Waals surface area contributed by atoms with Gasteiger partial charge >= 0.3 is 11.9 Å². The number of anilines is 1. The number of carbonyl (C=O) groups excluding carboxylic acids is 1. The molecular formula is C25H30N2O6. The summed E-state index contributed by atoms with van der Waals surface area (Å²) in [6, 6.07) is 16.4. The van der Waals surface area contributed by atoms with Gasteiger partial charge in [0.25, 0.3) is 0 Å². The van der Waals surface area contributed by atoms with Crippen molar-refractivity contribution in [2.45, 2.75) is 37.8 Å². The molecule has 1 aliphatic carbocycles. The number of aliphatic carboxylic acids is 2. The summed E-state index contributed by atoms with van der Waals surface area (Å²) in [6.07, 6.45) is 3.06. The van der Waals surface area contributed by atoms with Crippen molar-refractivity contribution in [2.24, 2.45) is 5.92 Å². The van der Waals surface area contributed by atoms with E-state index in [0.29, 0.717) is 0 Å². The van der Waals surface area contributed by atoms with Crippen molar-refractivity contribution in [1.82, 2.24) is 4.90 Å². The molecule has 0 spiro atoms. The zero-order chi connectivity index (χ0) is 24.0. The van der Waals surface area contributed by atoms with Crippen molar-refractivity contribution >= 4 is 23.4 Å². The van der Waals surface area contributed by atoms with Crippen LogP contribution in [0.25, 0.3) is 0 Å². The van der Waals surface area contributed by atoms with Gasteiger partial charge in [0.05, 0.1) is 6.10 Å². The number of likely N-dealkylation sites (tertiary alicyclic amines) is 1. The van der Waals surface area contributed by atoms with Gasteiger partial charge in [-0.25, -0.2) is 9.59 Å². The molecule has 4 N–H and O–H groups in total. The summed E-state index contributed by atoms with van der Waals surface area (Å²) < 4.78 is 0. The van der Waals surface area contributed by atoms with Crippen LogP contribution >= 0.6 is 0 Å². The number of carboxylic acids is 2. The van der Waals surface area contributed by atoms with Gasteiger partial charge < -0.3 is 20.6 Å². The molecule has 176 valence electrons. The van der Waals surface area contributed by atoms with E-state index < -0.39 is 11.9 Å². The Morgan fingerprint density at radius 2 is 1.42 bits per heavy atom. The highest BCUT2D eigenvalue weighted by Crippen LogP contribution is 2.29. The first kappa shape index (κ1) is 24.4. The van der Waals surface area contributed by atoms with Crippen LogP contribution < -0.4 is 5.32 Å². The molecule has 1 aliphatic heterocycles. The molecule has 0 unspecified atom stereocenters. The molecule has 1 saturated heterocycles. The Bertz CT molecular complexity index is 971. The number of fused-ring (bicyclic) bond motifs is 1. The fraction of sp³-hybridized carbons (Fsp3) is 0.400. The summed E-state index contributed by atoms with van der Waals surface area (Å²) in [5, 5.41) is 28.5. The van der Waals surface area contributed by atoms with E-state index in [0.717, 1.165) is 50.0 Å². The fourth-order valence-electron chi connectivity index (χ4n) is 4.58. The summed E-state index contributed by atoms with van der Waals surface area (Å²) in [4.78, 5) is 33.4. The van der Waals surface area contributed by atoms with Crippen molar-refractivity contribution in [3.63, 3.8) is 0 Å². The first-order valence-electron chi connectivity index (χ1n) is 11.1. The molecule has 0 saturated carbocycles. The number of carbonyl (C=O) groups is 3. The van der Waals surface area contributed by atoms with Crippen LogP contribution in [-0.2, 0) is 22.4 Å². The van der Waals surface area contributed by atoms with Crippen molar-refractivity contribution in [1.29, 1.82) is 0 Å². The molecule has 1 heterocycles. The molecule has 0 radical (unpaired) electrons. The Balaban J connectivity index is 0.000000454. The summed E-state index contributed by atoms with van der Waals surface area (Å²) >= 11 is 0. The van der Waals surface area contributed by atoms with Crippen molar-refractivity contribution in [3.8, 4) is 0 Å². The van der Waals surface area contributed by atoms with E-state index in [1.54, 1.807) is 0 Å². The van der Waals surface area contributed by atoms with Gasteiger partial charge in [0.15, 0.2) is 5.78 Å². The highest BCUT2D eigenvalue weighted by atomic mass is 16.4. The normalized spacial score (nSPS) is 20.7. The van der Waals surface area contributed by atoms with Crippen molar-refractivity contribution in [2.75, 3.05) is 25.5 Å². The number of aliphatic hydroxyl groups excluding tert-OH is 1.